The van der Waals surface area contributed by atoms with E-state index in [0.29, 0.717) is 6.04 Å². The van der Waals surface area contributed by atoms with Crippen molar-refractivity contribution in [2.75, 3.05) is 20.1 Å². The summed E-state index contributed by atoms with van der Waals surface area (Å²) in [5.74, 6) is 1.07. The van der Waals surface area contributed by atoms with E-state index >= 15 is 0 Å². The molecule has 5 nitrogen and oxygen atoms in total. The molecule has 0 saturated carbocycles. The molecule has 0 radical (unpaired) electrons. The highest BCUT2D eigenvalue weighted by atomic mass is 15.3. The van der Waals surface area contributed by atoms with Crippen LogP contribution in [0.5, 0.6) is 0 Å². The molecule has 3 rings (SSSR count). The van der Waals surface area contributed by atoms with Crippen molar-refractivity contribution in [1.82, 2.24) is 25.0 Å². The highest BCUT2D eigenvalue weighted by molar-refractivity contribution is 5.25. The number of fused-ring (bicyclic) bond motifs is 1. The van der Waals surface area contributed by atoms with E-state index in [9.17, 15) is 0 Å². The molecule has 21 heavy (non-hydrogen) atoms. The number of aromatic nitrogens is 3. The van der Waals surface area contributed by atoms with Gasteiger partial charge in [-0.3, -0.25) is 4.90 Å². The third-order valence-electron chi connectivity index (χ3n) is 4.30. The molecule has 0 aliphatic carbocycles. The number of hydrogen-bond acceptors (Lipinski definition) is 4. The number of benzene rings is 1. The topological polar surface area (TPSA) is 46.0 Å². The summed E-state index contributed by atoms with van der Waals surface area (Å²) in [5, 5.41) is 11.6. The van der Waals surface area contributed by atoms with Gasteiger partial charge in [-0.05, 0) is 24.6 Å². The SMILES string of the molecule is CCc1ccc(C(CN2CCn3cnnc3C2)NC)cc1. The first-order valence-corrected chi connectivity index (χ1v) is 7.65. The van der Waals surface area contributed by atoms with E-state index in [-0.39, 0.29) is 0 Å². The lowest BCUT2D eigenvalue weighted by Crippen LogP contribution is -2.39. The lowest BCUT2D eigenvalue weighted by Gasteiger charge is -2.30. The molecule has 0 amide bonds. The summed E-state index contributed by atoms with van der Waals surface area (Å²) in [7, 11) is 2.03. The molecule has 1 aliphatic heterocycles. The molecule has 1 atom stereocenters. The zero-order valence-corrected chi connectivity index (χ0v) is 12.8. The van der Waals surface area contributed by atoms with Crippen LogP contribution in [0, 0.1) is 0 Å². The Morgan fingerprint density at radius 1 is 1.24 bits per heavy atom. The van der Waals surface area contributed by atoms with Crippen molar-refractivity contribution in [2.45, 2.75) is 32.5 Å². The zero-order chi connectivity index (χ0) is 14.7. The summed E-state index contributed by atoms with van der Waals surface area (Å²) < 4.78 is 2.14. The molecule has 1 aliphatic rings. The maximum Gasteiger partial charge on any atom is 0.147 e. The van der Waals surface area contributed by atoms with Crippen LogP contribution in [0.15, 0.2) is 30.6 Å². The second-order valence-corrected chi connectivity index (χ2v) is 5.61. The van der Waals surface area contributed by atoms with Gasteiger partial charge in [-0.2, -0.15) is 0 Å². The maximum absolute atomic E-state index is 4.19. The first-order valence-electron chi connectivity index (χ1n) is 7.65. The summed E-state index contributed by atoms with van der Waals surface area (Å²) in [6.45, 7) is 6.10. The summed E-state index contributed by atoms with van der Waals surface area (Å²) in [4.78, 5) is 2.44. The molecule has 1 aromatic carbocycles. The quantitative estimate of drug-likeness (QED) is 0.907. The molecule has 0 saturated heterocycles. The minimum atomic E-state index is 0.352. The number of nitrogens with zero attached hydrogens (tertiary/aromatic N) is 4. The second kappa shape index (κ2) is 6.37. The van der Waals surface area contributed by atoms with Gasteiger partial charge in [0.15, 0.2) is 0 Å². The number of likely N-dealkylation sites (N-methyl/N-ethyl adjacent to an activating group) is 1. The van der Waals surface area contributed by atoms with Crippen LogP contribution in [0.2, 0.25) is 0 Å². The minimum Gasteiger partial charge on any atom is -0.315 e. The smallest absolute Gasteiger partial charge is 0.147 e. The van der Waals surface area contributed by atoms with Gasteiger partial charge in [0.05, 0.1) is 6.54 Å². The molecule has 0 bridgehead atoms. The third kappa shape index (κ3) is 3.14. The van der Waals surface area contributed by atoms with Gasteiger partial charge in [-0.15, -0.1) is 10.2 Å². The molecule has 112 valence electrons. The Labute approximate surface area is 126 Å². The van der Waals surface area contributed by atoms with Crippen LogP contribution in [0.1, 0.15) is 29.9 Å². The molecule has 1 N–H and O–H groups in total. The molecule has 0 fully saturated rings. The first kappa shape index (κ1) is 14.2. The highest BCUT2D eigenvalue weighted by Gasteiger charge is 2.20. The van der Waals surface area contributed by atoms with Crippen LogP contribution < -0.4 is 5.32 Å². The van der Waals surface area contributed by atoms with E-state index in [1.54, 1.807) is 0 Å². The molecule has 1 unspecified atom stereocenters. The van der Waals surface area contributed by atoms with E-state index < -0.39 is 0 Å². The molecular weight excluding hydrogens is 262 g/mol. The van der Waals surface area contributed by atoms with Crippen molar-refractivity contribution in [1.29, 1.82) is 0 Å². The average Bonchev–Trinajstić information content (AvgIpc) is 3.00. The van der Waals surface area contributed by atoms with Crippen LogP contribution >= 0.6 is 0 Å². The largest absolute Gasteiger partial charge is 0.315 e. The maximum atomic E-state index is 4.19. The molecule has 1 aromatic heterocycles. The fraction of sp³-hybridized carbons (Fsp3) is 0.500. The molecule has 5 heteroatoms. The van der Waals surface area contributed by atoms with Crippen molar-refractivity contribution in [3.63, 3.8) is 0 Å². The van der Waals surface area contributed by atoms with Gasteiger partial charge in [0.25, 0.3) is 0 Å². The highest BCUT2D eigenvalue weighted by Crippen LogP contribution is 2.18. The number of aryl methyl sites for hydroxylation is 1. The summed E-state index contributed by atoms with van der Waals surface area (Å²) in [6.07, 6.45) is 2.91. The van der Waals surface area contributed by atoms with Gasteiger partial charge in [0, 0.05) is 25.7 Å². The van der Waals surface area contributed by atoms with Gasteiger partial charge < -0.3 is 9.88 Å². The zero-order valence-electron chi connectivity index (χ0n) is 12.8. The Morgan fingerprint density at radius 3 is 2.76 bits per heavy atom. The lowest BCUT2D eigenvalue weighted by molar-refractivity contribution is 0.197. The van der Waals surface area contributed by atoms with Gasteiger partial charge in [-0.1, -0.05) is 31.2 Å². The van der Waals surface area contributed by atoms with Gasteiger partial charge in [0.2, 0.25) is 0 Å². The Hall–Kier alpha value is -1.72. The molecule has 2 heterocycles. The van der Waals surface area contributed by atoms with E-state index in [1.807, 2.05) is 13.4 Å². The Bertz CT molecular complexity index is 575. The van der Waals surface area contributed by atoms with Crippen molar-refractivity contribution in [2.24, 2.45) is 0 Å². The van der Waals surface area contributed by atoms with Crippen LogP contribution in [-0.4, -0.2) is 39.8 Å². The van der Waals surface area contributed by atoms with E-state index in [4.69, 9.17) is 0 Å². The van der Waals surface area contributed by atoms with Crippen molar-refractivity contribution < 1.29 is 0 Å². The fourth-order valence-corrected chi connectivity index (χ4v) is 2.88. The predicted octanol–water partition coefficient (Wildman–Crippen LogP) is 1.62. The average molecular weight is 285 g/mol. The molecular formula is C16H23N5. The van der Waals surface area contributed by atoms with Crippen LogP contribution in [0.4, 0.5) is 0 Å². The molecule has 2 aromatic rings. The van der Waals surface area contributed by atoms with Crippen molar-refractivity contribution >= 4 is 0 Å². The van der Waals surface area contributed by atoms with E-state index in [2.05, 4.69) is 56.2 Å². The number of rotatable bonds is 5. The van der Waals surface area contributed by atoms with Crippen LogP contribution in [-0.2, 0) is 19.5 Å². The standard InChI is InChI=1S/C16H23N5/c1-3-13-4-6-14(7-5-13)15(17-2)10-20-8-9-21-12-18-19-16(21)11-20/h4-7,12,15,17H,3,8-11H2,1-2H3. The summed E-state index contributed by atoms with van der Waals surface area (Å²) >= 11 is 0. The summed E-state index contributed by atoms with van der Waals surface area (Å²) in [5.41, 5.74) is 2.74. The lowest BCUT2D eigenvalue weighted by atomic mass is 10.0. The van der Waals surface area contributed by atoms with Crippen LogP contribution in [0.3, 0.4) is 0 Å². The Morgan fingerprint density at radius 2 is 2.05 bits per heavy atom. The number of hydrogen-bond donors (Lipinski definition) is 1. The fourth-order valence-electron chi connectivity index (χ4n) is 2.88. The summed E-state index contributed by atoms with van der Waals surface area (Å²) in [6, 6.07) is 9.29. The van der Waals surface area contributed by atoms with Gasteiger partial charge >= 0.3 is 0 Å². The Kier molecular flexibility index (Phi) is 4.31. The monoisotopic (exact) mass is 285 g/mol. The van der Waals surface area contributed by atoms with Gasteiger partial charge in [-0.25, -0.2) is 0 Å². The first-order chi connectivity index (χ1) is 10.3. The van der Waals surface area contributed by atoms with Crippen molar-refractivity contribution in [3.8, 4) is 0 Å². The number of nitrogens with one attached hydrogen (secondary N) is 1. The minimum absolute atomic E-state index is 0.352. The Balaban J connectivity index is 1.67. The van der Waals surface area contributed by atoms with E-state index in [1.165, 1.54) is 11.1 Å². The normalized spacial score (nSPS) is 16.7. The van der Waals surface area contributed by atoms with Crippen molar-refractivity contribution in [3.05, 3.63) is 47.5 Å². The van der Waals surface area contributed by atoms with E-state index in [0.717, 1.165) is 38.4 Å². The third-order valence-corrected chi connectivity index (χ3v) is 4.30. The second-order valence-electron chi connectivity index (χ2n) is 5.61. The van der Waals surface area contributed by atoms with Crippen LogP contribution in [0.25, 0.3) is 0 Å². The van der Waals surface area contributed by atoms with Gasteiger partial charge in [0.1, 0.15) is 12.2 Å². The predicted molar refractivity (Wildman–Crippen MR) is 82.9 cm³/mol. The molecule has 0 spiro atoms.